The summed E-state index contributed by atoms with van der Waals surface area (Å²) in [5, 5.41) is 3.01. The molecule has 4 rings (SSSR count). The fourth-order valence-electron chi connectivity index (χ4n) is 4.25. The molecule has 3 aromatic carbocycles. The van der Waals surface area contributed by atoms with Crippen molar-refractivity contribution < 1.29 is 19.1 Å². The normalized spacial score (nSPS) is 13.8. The molecule has 1 N–H and O–H groups in total. The van der Waals surface area contributed by atoms with Crippen molar-refractivity contribution >= 4 is 39.2 Å². The van der Waals surface area contributed by atoms with E-state index in [1.807, 2.05) is 19.1 Å². The number of esters is 1. The lowest BCUT2D eigenvalue weighted by Gasteiger charge is -2.37. The van der Waals surface area contributed by atoms with Crippen molar-refractivity contribution in [1.29, 1.82) is 0 Å². The van der Waals surface area contributed by atoms with Crippen molar-refractivity contribution in [2.75, 3.05) is 50.1 Å². The van der Waals surface area contributed by atoms with Crippen molar-refractivity contribution in [3.8, 4) is 5.75 Å². The van der Waals surface area contributed by atoms with E-state index < -0.39 is 5.97 Å². The highest BCUT2D eigenvalue weighted by atomic mass is 79.9. The molecule has 0 unspecified atom stereocenters. The van der Waals surface area contributed by atoms with Crippen LogP contribution in [0.3, 0.4) is 0 Å². The average Bonchev–Trinajstić information content (AvgIpc) is 2.90. The Morgan fingerprint density at radius 1 is 0.944 bits per heavy atom. The first kappa shape index (κ1) is 25.7. The van der Waals surface area contributed by atoms with Crippen LogP contribution >= 0.6 is 15.9 Å². The molecule has 0 saturated carbocycles. The molecule has 188 valence electrons. The number of halogens is 1. The lowest BCUT2D eigenvalue weighted by Crippen LogP contribution is -2.46. The molecular weight excluding hydrogens is 522 g/mol. The fraction of sp³-hybridized carbons (Fsp3) is 0.286. The molecule has 1 aliphatic rings. The topological polar surface area (TPSA) is 71.1 Å². The summed E-state index contributed by atoms with van der Waals surface area (Å²) in [6.07, 6.45) is 0. The lowest BCUT2D eigenvalue weighted by molar-refractivity contribution is 0.0600. The molecule has 1 fully saturated rings. The smallest absolute Gasteiger partial charge is 0.337 e. The van der Waals surface area contributed by atoms with E-state index in [4.69, 9.17) is 9.47 Å². The van der Waals surface area contributed by atoms with E-state index >= 15 is 0 Å². The third-order valence-corrected chi connectivity index (χ3v) is 6.74. The van der Waals surface area contributed by atoms with Gasteiger partial charge in [0.25, 0.3) is 5.91 Å². The number of anilines is 2. The van der Waals surface area contributed by atoms with Crippen LogP contribution in [0.4, 0.5) is 11.4 Å². The minimum Gasteiger partial charge on any atom is -0.493 e. The molecule has 1 saturated heterocycles. The van der Waals surface area contributed by atoms with Crippen LogP contribution in [0.15, 0.2) is 71.2 Å². The van der Waals surface area contributed by atoms with E-state index in [1.54, 1.807) is 30.3 Å². The third kappa shape index (κ3) is 6.25. The second-order valence-corrected chi connectivity index (χ2v) is 9.36. The van der Waals surface area contributed by atoms with Gasteiger partial charge in [0.2, 0.25) is 0 Å². The minimum absolute atomic E-state index is 0.273. The maximum Gasteiger partial charge on any atom is 0.337 e. The molecule has 1 amide bonds. The standard InChI is InChI=1S/C28H30BrN3O4/c1-3-36-26-12-10-21(17-23(26)29)27(33)30-24-18-22(28(34)35-2)9-11-25(24)32-15-13-31(14-16-32)19-20-7-5-4-6-8-20/h4-12,17-18H,3,13-16,19H2,1-2H3,(H,30,33). The van der Waals surface area contributed by atoms with E-state index in [2.05, 4.69) is 55.3 Å². The molecule has 0 aliphatic carbocycles. The summed E-state index contributed by atoms with van der Waals surface area (Å²) >= 11 is 3.47. The van der Waals surface area contributed by atoms with Gasteiger partial charge in [0.05, 0.1) is 35.1 Å². The SMILES string of the molecule is CCOc1ccc(C(=O)Nc2cc(C(=O)OC)ccc2N2CCN(Cc3ccccc3)CC2)cc1Br. The summed E-state index contributed by atoms with van der Waals surface area (Å²) in [5.74, 6) is -0.0472. The Labute approximate surface area is 220 Å². The zero-order valence-corrected chi connectivity index (χ0v) is 22.1. The van der Waals surface area contributed by atoms with Crippen molar-refractivity contribution in [2.45, 2.75) is 13.5 Å². The predicted octanol–water partition coefficient (Wildman–Crippen LogP) is 5.21. The number of carbonyl (C=O) groups is 2. The van der Waals surface area contributed by atoms with Crippen molar-refractivity contribution in [3.05, 3.63) is 87.9 Å². The van der Waals surface area contributed by atoms with Gasteiger partial charge in [-0.15, -0.1) is 0 Å². The van der Waals surface area contributed by atoms with Gasteiger partial charge in [-0.1, -0.05) is 30.3 Å². The van der Waals surface area contributed by atoms with Crippen molar-refractivity contribution in [3.63, 3.8) is 0 Å². The number of hydrogen-bond acceptors (Lipinski definition) is 6. The second-order valence-electron chi connectivity index (χ2n) is 8.50. The number of nitrogens with one attached hydrogen (secondary N) is 1. The number of piperazine rings is 1. The summed E-state index contributed by atoms with van der Waals surface area (Å²) in [6, 6.07) is 20.9. The van der Waals surface area contributed by atoms with Crippen molar-refractivity contribution in [2.24, 2.45) is 0 Å². The van der Waals surface area contributed by atoms with Crippen LogP contribution in [-0.4, -0.2) is 56.7 Å². The number of hydrogen-bond donors (Lipinski definition) is 1. The minimum atomic E-state index is -0.450. The van der Waals surface area contributed by atoms with Gasteiger partial charge in [-0.25, -0.2) is 4.79 Å². The molecule has 0 radical (unpaired) electrons. The molecule has 0 spiro atoms. The Morgan fingerprint density at radius 2 is 1.67 bits per heavy atom. The zero-order chi connectivity index (χ0) is 25.5. The second kappa shape index (κ2) is 12.1. The van der Waals surface area contributed by atoms with Gasteiger partial charge in [-0.2, -0.15) is 0 Å². The first-order valence-electron chi connectivity index (χ1n) is 12.0. The zero-order valence-electron chi connectivity index (χ0n) is 20.5. The largest absolute Gasteiger partial charge is 0.493 e. The van der Waals surface area contributed by atoms with Gasteiger partial charge < -0.3 is 19.7 Å². The highest BCUT2D eigenvalue weighted by molar-refractivity contribution is 9.10. The molecule has 1 aliphatic heterocycles. The first-order chi connectivity index (χ1) is 17.5. The molecule has 7 nitrogen and oxygen atoms in total. The Balaban J connectivity index is 1.52. The average molecular weight is 552 g/mol. The third-order valence-electron chi connectivity index (χ3n) is 6.12. The maximum atomic E-state index is 13.2. The quantitative estimate of drug-likeness (QED) is 0.387. The van der Waals surface area contributed by atoms with Crippen LogP contribution in [0.5, 0.6) is 5.75 Å². The highest BCUT2D eigenvalue weighted by Gasteiger charge is 2.22. The van der Waals surface area contributed by atoms with E-state index in [9.17, 15) is 9.59 Å². The molecule has 0 bridgehead atoms. The lowest BCUT2D eigenvalue weighted by atomic mass is 10.1. The highest BCUT2D eigenvalue weighted by Crippen LogP contribution is 2.31. The van der Waals surface area contributed by atoms with E-state index in [1.165, 1.54) is 12.7 Å². The summed E-state index contributed by atoms with van der Waals surface area (Å²) in [6.45, 7) is 6.76. The van der Waals surface area contributed by atoms with Crippen LogP contribution < -0.4 is 15.0 Å². The summed E-state index contributed by atoms with van der Waals surface area (Å²) in [7, 11) is 1.35. The number of amides is 1. The van der Waals surface area contributed by atoms with E-state index in [-0.39, 0.29) is 5.91 Å². The first-order valence-corrected chi connectivity index (χ1v) is 12.7. The maximum absolute atomic E-state index is 13.2. The molecule has 36 heavy (non-hydrogen) atoms. The number of rotatable bonds is 8. The Morgan fingerprint density at radius 3 is 2.33 bits per heavy atom. The van der Waals surface area contributed by atoms with Gasteiger partial charge in [0.1, 0.15) is 5.75 Å². The number of benzene rings is 3. The molecule has 3 aromatic rings. The van der Waals surface area contributed by atoms with Crippen LogP contribution in [0.2, 0.25) is 0 Å². The monoisotopic (exact) mass is 551 g/mol. The van der Waals surface area contributed by atoms with Gasteiger partial charge in [-0.05, 0) is 64.8 Å². The van der Waals surface area contributed by atoms with Gasteiger partial charge in [0, 0.05) is 38.3 Å². The molecule has 1 heterocycles. The van der Waals surface area contributed by atoms with Crippen LogP contribution in [0.1, 0.15) is 33.2 Å². The molecule has 8 heteroatoms. The van der Waals surface area contributed by atoms with Crippen LogP contribution in [0, 0.1) is 0 Å². The summed E-state index contributed by atoms with van der Waals surface area (Å²) in [5.41, 5.74) is 3.60. The Hall–Kier alpha value is -3.36. The van der Waals surface area contributed by atoms with E-state index in [0.29, 0.717) is 33.6 Å². The summed E-state index contributed by atoms with van der Waals surface area (Å²) in [4.78, 5) is 30.0. The molecular formula is C28H30BrN3O4. The van der Waals surface area contributed by atoms with Crippen LogP contribution in [-0.2, 0) is 11.3 Å². The molecule has 0 atom stereocenters. The van der Waals surface area contributed by atoms with Gasteiger partial charge in [0.15, 0.2) is 0 Å². The molecule has 0 aromatic heterocycles. The summed E-state index contributed by atoms with van der Waals surface area (Å²) < 4.78 is 11.1. The number of nitrogens with zero attached hydrogens (tertiary/aromatic N) is 2. The number of ether oxygens (including phenoxy) is 2. The number of methoxy groups -OCH3 is 1. The van der Waals surface area contributed by atoms with Crippen molar-refractivity contribution in [1.82, 2.24) is 4.90 Å². The van der Waals surface area contributed by atoms with E-state index in [0.717, 1.165) is 38.4 Å². The Bertz CT molecular complexity index is 1210. The van der Waals surface area contributed by atoms with Gasteiger partial charge in [-0.3, -0.25) is 9.69 Å². The Kier molecular flexibility index (Phi) is 8.61. The predicted molar refractivity (Wildman–Crippen MR) is 145 cm³/mol. The fourth-order valence-corrected chi connectivity index (χ4v) is 4.75. The van der Waals surface area contributed by atoms with Crippen LogP contribution in [0.25, 0.3) is 0 Å². The van der Waals surface area contributed by atoms with Gasteiger partial charge >= 0.3 is 5.97 Å². The number of carbonyl (C=O) groups excluding carboxylic acids is 2.